The molecular weight excluding hydrogens is 206 g/mol. The van der Waals surface area contributed by atoms with E-state index in [9.17, 15) is 0 Å². The quantitative estimate of drug-likeness (QED) is 0.831. The third-order valence-corrected chi connectivity index (χ3v) is 4.24. The molecule has 3 N–H and O–H groups in total. The van der Waals surface area contributed by atoms with Gasteiger partial charge < -0.3 is 11.1 Å². The van der Waals surface area contributed by atoms with E-state index in [0.29, 0.717) is 5.82 Å². The molecule has 3 nitrogen and oxygen atoms in total. The fourth-order valence-electron chi connectivity index (χ4n) is 2.26. The number of nitrogens with one attached hydrogen (secondary N) is 1. The predicted molar refractivity (Wildman–Crippen MR) is 66.3 cm³/mol. The predicted octanol–water partition coefficient (Wildman–Crippen LogP) is 2.88. The van der Waals surface area contributed by atoms with E-state index in [0.717, 1.165) is 28.9 Å². The number of hydrogen-bond acceptors (Lipinski definition) is 4. The van der Waals surface area contributed by atoms with Crippen LogP contribution in [-0.2, 0) is 0 Å². The fourth-order valence-corrected chi connectivity index (χ4v) is 2.98. The summed E-state index contributed by atoms with van der Waals surface area (Å²) in [6, 6.07) is 0. The molecule has 0 aromatic carbocycles. The van der Waals surface area contributed by atoms with Gasteiger partial charge in [-0.25, -0.2) is 0 Å². The van der Waals surface area contributed by atoms with Crippen LogP contribution in [-0.4, -0.2) is 10.9 Å². The molecule has 0 amide bonds. The molecule has 1 heterocycles. The first-order valence-corrected chi connectivity index (χ1v) is 6.39. The van der Waals surface area contributed by atoms with Crippen molar-refractivity contribution in [2.75, 3.05) is 17.6 Å². The zero-order valence-electron chi connectivity index (χ0n) is 9.42. The Balaban J connectivity index is 1.85. The van der Waals surface area contributed by atoms with Gasteiger partial charge in [-0.1, -0.05) is 13.3 Å². The number of anilines is 2. The van der Waals surface area contributed by atoms with Gasteiger partial charge in [0.2, 0.25) is 0 Å². The smallest absolute Gasteiger partial charge is 0.142 e. The van der Waals surface area contributed by atoms with E-state index in [-0.39, 0.29) is 0 Å². The van der Waals surface area contributed by atoms with Crippen molar-refractivity contribution in [2.24, 2.45) is 11.8 Å². The van der Waals surface area contributed by atoms with Crippen molar-refractivity contribution in [1.82, 2.24) is 4.37 Å². The Labute approximate surface area is 95.2 Å². The Morgan fingerprint density at radius 2 is 2.33 bits per heavy atom. The third-order valence-electron chi connectivity index (χ3n) is 3.31. The minimum Gasteiger partial charge on any atom is -0.383 e. The van der Waals surface area contributed by atoms with Crippen molar-refractivity contribution in [3.05, 3.63) is 5.56 Å². The molecule has 1 aliphatic carbocycles. The first kappa shape index (κ1) is 10.7. The maximum Gasteiger partial charge on any atom is 0.142 e. The van der Waals surface area contributed by atoms with E-state index < -0.39 is 0 Å². The molecule has 84 valence electrons. The van der Waals surface area contributed by atoms with Crippen LogP contribution in [0.4, 0.5) is 10.8 Å². The summed E-state index contributed by atoms with van der Waals surface area (Å²) in [4.78, 5) is 0. The highest BCUT2D eigenvalue weighted by molar-refractivity contribution is 7.10. The number of hydrogen-bond donors (Lipinski definition) is 2. The van der Waals surface area contributed by atoms with E-state index in [1.807, 2.05) is 6.92 Å². The van der Waals surface area contributed by atoms with Gasteiger partial charge in [0, 0.05) is 12.1 Å². The van der Waals surface area contributed by atoms with Crippen molar-refractivity contribution in [2.45, 2.75) is 33.1 Å². The fraction of sp³-hybridized carbons (Fsp3) is 0.727. The minimum absolute atomic E-state index is 0.669. The number of nitrogens with zero attached hydrogens (tertiary/aromatic N) is 1. The number of rotatable bonds is 3. The molecule has 0 radical (unpaired) electrons. The zero-order valence-corrected chi connectivity index (χ0v) is 10.2. The molecule has 2 unspecified atom stereocenters. The lowest BCUT2D eigenvalue weighted by Crippen LogP contribution is -2.11. The van der Waals surface area contributed by atoms with Gasteiger partial charge in [-0.15, -0.1) is 0 Å². The maximum atomic E-state index is 5.71. The number of nitrogens with two attached hydrogens (primary N) is 1. The van der Waals surface area contributed by atoms with Gasteiger partial charge in [-0.3, -0.25) is 0 Å². The summed E-state index contributed by atoms with van der Waals surface area (Å²) in [7, 11) is 0. The van der Waals surface area contributed by atoms with Crippen molar-refractivity contribution in [3.63, 3.8) is 0 Å². The molecule has 0 aliphatic heterocycles. The molecule has 1 aliphatic rings. The van der Waals surface area contributed by atoms with Crippen molar-refractivity contribution in [1.29, 1.82) is 0 Å². The number of aromatic nitrogens is 1. The Morgan fingerprint density at radius 3 is 2.87 bits per heavy atom. The largest absolute Gasteiger partial charge is 0.383 e. The molecule has 2 atom stereocenters. The molecule has 0 spiro atoms. The van der Waals surface area contributed by atoms with E-state index in [1.54, 1.807) is 0 Å². The molecule has 1 saturated carbocycles. The van der Waals surface area contributed by atoms with Crippen LogP contribution in [0.5, 0.6) is 0 Å². The van der Waals surface area contributed by atoms with Crippen LogP contribution in [0.15, 0.2) is 0 Å². The maximum absolute atomic E-state index is 5.71. The van der Waals surface area contributed by atoms with E-state index in [4.69, 9.17) is 5.73 Å². The van der Waals surface area contributed by atoms with Gasteiger partial charge in [0.15, 0.2) is 0 Å². The normalized spacial score (nSPS) is 25.7. The van der Waals surface area contributed by atoms with Crippen LogP contribution in [0.25, 0.3) is 0 Å². The van der Waals surface area contributed by atoms with Gasteiger partial charge in [-0.2, -0.15) is 4.37 Å². The van der Waals surface area contributed by atoms with Crippen LogP contribution in [0, 0.1) is 18.8 Å². The molecule has 2 rings (SSSR count). The van der Waals surface area contributed by atoms with Crippen LogP contribution in [0.1, 0.15) is 31.7 Å². The molecule has 1 aromatic heterocycles. The second-order valence-corrected chi connectivity index (χ2v) is 5.46. The van der Waals surface area contributed by atoms with Gasteiger partial charge in [-0.05, 0) is 43.1 Å². The first-order chi connectivity index (χ1) is 7.16. The molecule has 15 heavy (non-hydrogen) atoms. The van der Waals surface area contributed by atoms with Crippen molar-refractivity contribution < 1.29 is 0 Å². The van der Waals surface area contributed by atoms with Crippen LogP contribution < -0.4 is 11.1 Å². The van der Waals surface area contributed by atoms with Crippen LogP contribution in [0.2, 0.25) is 0 Å². The Bertz CT molecular complexity index is 335. The van der Waals surface area contributed by atoms with Crippen LogP contribution in [0.3, 0.4) is 0 Å². The summed E-state index contributed by atoms with van der Waals surface area (Å²) in [5, 5.41) is 4.62. The standard InChI is InChI=1S/C11H19N3S/c1-7-3-4-9(5-7)6-13-11-8(2)10(12)14-15-11/h7,9,13H,3-6H2,1-2H3,(H2,12,14). The molecule has 1 fully saturated rings. The summed E-state index contributed by atoms with van der Waals surface area (Å²) >= 11 is 1.47. The van der Waals surface area contributed by atoms with Gasteiger partial charge in [0.25, 0.3) is 0 Å². The lowest BCUT2D eigenvalue weighted by atomic mass is 10.1. The van der Waals surface area contributed by atoms with Crippen molar-refractivity contribution in [3.8, 4) is 0 Å². The summed E-state index contributed by atoms with van der Waals surface area (Å²) in [5.41, 5.74) is 6.81. The minimum atomic E-state index is 0.669. The second-order valence-electron chi connectivity index (χ2n) is 4.69. The highest BCUT2D eigenvalue weighted by Crippen LogP contribution is 2.32. The van der Waals surface area contributed by atoms with Gasteiger partial charge in [0.05, 0.1) is 0 Å². The van der Waals surface area contributed by atoms with Gasteiger partial charge in [0.1, 0.15) is 10.8 Å². The Kier molecular flexibility index (Phi) is 3.14. The Hall–Kier alpha value is -0.770. The van der Waals surface area contributed by atoms with Crippen LogP contribution >= 0.6 is 11.5 Å². The lowest BCUT2D eigenvalue weighted by molar-refractivity contribution is 0.537. The Morgan fingerprint density at radius 1 is 1.53 bits per heavy atom. The summed E-state index contributed by atoms with van der Waals surface area (Å²) in [5.74, 6) is 2.41. The molecule has 0 saturated heterocycles. The molecule has 1 aromatic rings. The van der Waals surface area contributed by atoms with Crippen molar-refractivity contribution >= 4 is 22.4 Å². The molecule has 0 bridgehead atoms. The zero-order chi connectivity index (χ0) is 10.8. The SMILES string of the molecule is Cc1c(N)nsc1NCC1CCC(C)C1. The summed E-state index contributed by atoms with van der Waals surface area (Å²) in [6.07, 6.45) is 4.11. The summed E-state index contributed by atoms with van der Waals surface area (Å²) < 4.78 is 4.13. The average molecular weight is 225 g/mol. The molecule has 4 heteroatoms. The summed E-state index contributed by atoms with van der Waals surface area (Å²) in [6.45, 7) is 5.45. The highest BCUT2D eigenvalue weighted by Gasteiger charge is 2.21. The topological polar surface area (TPSA) is 50.9 Å². The average Bonchev–Trinajstić information content (AvgIpc) is 2.74. The third kappa shape index (κ3) is 2.43. The molecular formula is C11H19N3S. The van der Waals surface area contributed by atoms with Gasteiger partial charge >= 0.3 is 0 Å². The van der Waals surface area contributed by atoms with E-state index in [1.165, 1.54) is 30.8 Å². The highest BCUT2D eigenvalue weighted by atomic mass is 32.1. The monoisotopic (exact) mass is 225 g/mol. The van der Waals surface area contributed by atoms with E-state index in [2.05, 4.69) is 16.6 Å². The second kappa shape index (κ2) is 4.39. The first-order valence-electron chi connectivity index (χ1n) is 5.62. The van der Waals surface area contributed by atoms with E-state index >= 15 is 0 Å². The lowest BCUT2D eigenvalue weighted by Gasteiger charge is -2.10. The number of nitrogen functional groups attached to an aromatic ring is 1.